The number of methoxy groups -OCH3 is 2. The van der Waals surface area contributed by atoms with Crippen LogP contribution >= 0.6 is 11.6 Å². The minimum absolute atomic E-state index is 0.163. The highest BCUT2D eigenvalue weighted by Gasteiger charge is 2.18. The lowest BCUT2D eigenvalue weighted by molar-refractivity contribution is -0.121. The Hall–Kier alpha value is -2.80. The number of nitrogens with one attached hydrogen (secondary N) is 2. The van der Waals surface area contributed by atoms with Gasteiger partial charge in [-0.15, -0.1) is 0 Å². The molecule has 144 valence electrons. The number of benzene rings is 2. The van der Waals surface area contributed by atoms with Gasteiger partial charge in [-0.1, -0.05) is 17.7 Å². The van der Waals surface area contributed by atoms with Crippen molar-refractivity contribution in [3.8, 4) is 23.0 Å². The Bertz CT molecular complexity index is 843. The van der Waals surface area contributed by atoms with Gasteiger partial charge in [-0.05, 0) is 24.6 Å². The molecule has 2 aromatic rings. The highest BCUT2D eigenvalue weighted by molar-refractivity contribution is 6.32. The van der Waals surface area contributed by atoms with Crippen LogP contribution in [0.5, 0.6) is 23.0 Å². The maximum Gasteiger partial charge on any atom is 0.242 e. The van der Waals surface area contributed by atoms with Gasteiger partial charge >= 0.3 is 0 Å². The number of rotatable bonds is 7. The van der Waals surface area contributed by atoms with Crippen molar-refractivity contribution in [3.05, 3.63) is 40.9 Å². The lowest BCUT2D eigenvalue weighted by Crippen LogP contribution is -2.37. The third-order valence-electron chi connectivity index (χ3n) is 4.14. The van der Waals surface area contributed by atoms with Crippen molar-refractivity contribution in [2.24, 2.45) is 0 Å². The van der Waals surface area contributed by atoms with Crippen molar-refractivity contribution in [1.29, 1.82) is 0 Å². The van der Waals surface area contributed by atoms with Crippen molar-refractivity contribution in [2.75, 3.05) is 26.3 Å². The van der Waals surface area contributed by atoms with Gasteiger partial charge in [0.05, 0.1) is 24.9 Å². The summed E-state index contributed by atoms with van der Waals surface area (Å²) in [5, 5.41) is 6.44. The summed E-state index contributed by atoms with van der Waals surface area (Å²) in [6.45, 7) is 2.36. The molecule has 1 aliphatic heterocycles. The predicted octanol–water partition coefficient (Wildman–Crippen LogP) is 3.20. The van der Waals surface area contributed by atoms with E-state index in [4.69, 9.17) is 30.5 Å². The minimum atomic E-state index is -0.501. The topological polar surface area (TPSA) is 78.1 Å². The van der Waals surface area contributed by atoms with E-state index in [-0.39, 0.29) is 12.7 Å². The summed E-state index contributed by atoms with van der Waals surface area (Å²) in [5.41, 5.74) is 1.54. The van der Waals surface area contributed by atoms with Crippen LogP contribution in [0.2, 0.25) is 5.02 Å². The van der Waals surface area contributed by atoms with Crippen LogP contribution in [0.15, 0.2) is 30.3 Å². The zero-order valence-electron chi connectivity index (χ0n) is 15.3. The normalized spacial score (nSPS) is 13.0. The molecule has 27 heavy (non-hydrogen) atoms. The van der Waals surface area contributed by atoms with Gasteiger partial charge in [0.15, 0.2) is 11.5 Å². The van der Waals surface area contributed by atoms with Gasteiger partial charge in [0.2, 0.25) is 12.7 Å². The summed E-state index contributed by atoms with van der Waals surface area (Å²) in [6, 6.07) is 8.41. The number of amides is 1. The SMILES string of the molecule is COc1cc(N[C@@H](C)C(=O)NCc2ccc3c(c2)OCO3)c(OC)cc1Cl. The number of hydrogen-bond acceptors (Lipinski definition) is 6. The number of carbonyl (C=O) groups is 1. The lowest BCUT2D eigenvalue weighted by atomic mass is 10.2. The van der Waals surface area contributed by atoms with E-state index >= 15 is 0 Å². The molecule has 3 rings (SSSR count). The first-order chi connectivity index (χ1) is 13.0. The number of halogens is 1. The average Bonchev–Trinajstić information content (AvgIpc) is 3.14. The Morgan fingerprint density at radius 3 is 2.63 bits per heavy atom. The largest absolute Gasteiger partial charge is 0.495 e. The van der Waals surface area contributed by atoms with Gasteiger partial charge in [-0.25, -0.2) is 0 Å². The molecule has 2 N–H and O–H groups in total. The first-order valence-electron chi connectivity index (χ1n) is 8.36. The third-order valence-corrected chi connectivity index (χ3v) is 4.44. The molecule has 2 aromatic carbocycles. The van der Waals surface area contributed by atoms with E-state index in [0.717, 1.165) is 5.56 Å². The number of carbonyl (C=O) groups excluding carboxylic acids is 1. The molecule has 1 atom stereocenters. The average molecular weight is 393 g/mol. The van der Waals surface area contributed by atoms with Gasteiger partial charge in [0, 0.05) is 18.7 Å². The second-order valence-electron chi connectivity index (χ2n) is 5.96. The number of ether oxygens (including phenoxy) is 4. The second kappa shape index (κ2) is 8.26. The van der Waals surface area contributed by atoms with Gasteiger partial charge in [-0.2, -0.15) is 0 Å². The monoisotopic (exact) mass is 392 g/mol. The second-order valence-corrected chi connectivity index (χ2v) is 6.37. The van der Waals surface area contributed by atoms with Crippen molar-refractivity contribution >= 4 is 23.2 Å². The van der Waals surface area contributed by atoms with Crippen LogP contribution in [0.3, 0.4) is 0 Å². The summed E-state index contributed by atoms with van der Waals surface area (Å²) in [5.74, 6) is 2.25. The van der Waals surface area contributed by atoms with E-state index in [2.05, 4.69) is 10.6 Å². The summed E-state index contributed by atoms with van der Waals surface area (Å²) < 4.78 is 21.2. The van der Waals surface area contributed by atoms with E-state index in [9.17, 15) is 4.79 Å². The number of anilines is 1. The Morgan fingerprint density at radius 1 is 1.15 bits per heavy atom. The maximum absolute atomic E-state index is 12.4. The molecule has 0 fully saturated rings. The van der Waals surface area contributed by atoms with Gasteiger partial charge in [0.1, 0.15) is 17.5 Å². The van der Waals surface area contributed by atoms with Crippen LogP contribution in [-0.2, 0) is 11.3 Å². The van der Waals surface area contributed by atoms with Crippen molar-refractivity contribution in [2.45, 2.75) is 19.5 Å². The quantitative estimate of drug-likeness (QED) is 0.753. The highest BCUT2D eigenvalue weighted by atomic mass is 35.5. The summed E-state index contributed by atoms with van der Waals surface area (Å²) in [6.07, 6.45) is 0. The molecule has 0 unspecified atom stereocenters. The Labute approximate surface area is 162 Å². The standard InChI is InChI=1S/C19H21ClN2O5/c1-11(22-14-8-16(24-2)13(20)7-17(14)25-3)19(23)21-9-12-4-5-15-18(6-12)27-10-26-15/h4-8,11,22H,9-10H2,1-3H3,(H,21,23)/t11-/m0/s1. The molecule has 0 aliphatic carbocycles. The minimum Gasteiger partial charge on any atom is -0.495 e. The van der Waals surface area contributed by atoms with E-state index < -0.39 is 6.04 Å². The van der Waals surface area contributed by atoms with E-state index in [0.29, 0.717) is 40.3 Å². The fourth-order valence-electron chi connectivity index (χ4n) is 2.67. The smallest absolute Gasteiger partial charge is 0.242 e. The van der Waals surface area contributed by atoms with Crippen LogP contribution in [0, 0.1) is 0 Å². The molecule has 0 saturated carbocycles. The number of hydrogen-bond donors (Lipinski definition) is 2. The van der Waals surface area contributed by atoms with Gasteiger partial charge in [0.25, 0.3) is 0 Å². The molecule has 7 nitrogen and oxygen atoms in total. The van der Waals surface area contributed by atoms with Crippen LogP contribution in [0.1, 0.15) is 12.5 Å². The van der Waals surface area contributed by atoms with Crippen LogP contribution in [-0.4, -0.2) is 33.0 Å². The number of fused-ring (bicyclic) bond motifs is 1. The summed E-state index contributed by atoms with van der Waals surface area (Å²) >= 11 is 6.11. The lowest BCUT2D eigenvalue weighted by Gasteiger charge is -2.18. The van der Waals surface area contributed by atoms with Crippen molar-refractivity contribution < 1.29 is 23.7 Å². The molecule has 1 aliphatic rings. The fourth-order valence-corrected chi connectivity index (χ4v) is 2.90. The molecule has 1 heterocycles. The molecule has 0 spiro atoms. The first-order valence-corrected chi connectivity index (χ1v) is 8.74. The zero-order chi connectivity index (χ0) is 19.4. The Kier molecular flexibility index (Phi) is 5.81. The molecule has 0 bridgehead atoms. The molecule has 0 saturated heterocycles. The van der Waals surface area contributed by atoms with Gasteiger partial charge in [-0.3, -0.25) is 4.79 Å². The first kappa shape index (κ1) is 19.0. The van der Waals surface area contributed by atoms with E-state index in [1.807, 2.05) is 18.2 Å². The van der Waals surface area contributed by atoms with Crippen molar-refractivity contribution in [3.63, 3.8) is 0 Å². The molecular formula is C19H21ClN2O5. The Balaban J connectivity index is 1.62. The Morgan fingerprint density at radius 2 is 1.89 bits per heavy atom. The molecule has 0 aromatic heterocycles. The van der Waals surface area contributed by atoms with E-state index in [1.54, 1.807) is 19.1 Å². The molecule has 0 radical (unpaired) electrons. The van der Waals surface area contributed by atoms with Crippen LogP contribution < -0.4 is 29.6 Å². The third kappa shape index (κ3) is 4.31. The van der Waals surface area contributed by atoms with E-state index in [1.165, 1.54) is 14.2 Å². The molecule has 8 heteroatoms. The maximum atomic E-state index is 12.4. The van der Waals surface area contributed by atoms with Crippen LogP contribution in [0.25, 0.3) is 0 Å². The molecule has 1 amide bonds. The highest BCUT2D eigenvalue weighted by Crippen LogP contribution is 2.36. The van der Waals surface area contributed by atoms with Gasteiger partial charge < -0.3 is 29.6 Å². The van der Waals surface area contributed by atoms with Crippen LogP contribution in [0.4, 0.5) is 5.69 Å². The summed E-state index contributed by atoms with van der Waals surface area (Å²) in [4.78, 5) is 12.4. The zero-order valence-corrected chi connectivity index (χ0v) is 16.1. The summed E-state index contributed by atoms with van der Waals surface area (Å²) in [7, 11) is 3.06. The predicted molar refractivity (Wildman–Crippen MR) is 102 cm³/mol. The molecular weight excluding hydrogens is 372 g/mol. The van der Waals surface area contributed by atoms with Crippen molar-refractivity contribution in [1.82, 2.24) is 5.32 Å². The fraction of sp³-hybridized carbons (Fsp3) is 0.316.